The van der Waals surface area contributed by atoms with E-state index >= 15 is 0 Å². The molecular weight excluding hydrogens is 732 g/mol. The van der Waals surface area contributed by atoms with Gasteiger partial charge in [-0.2, -0.15) is 0 Å². The van der Waals surface area contributed by atoms with Gasteiger partial charge in [-0.1, -0.05) is 0 Å². The average molecular weight is 773 g/mol. The number of hydrogen-bond donors (Lipinski definition) is 13. The van der Waals surface area contributed by atoms with Gasteiger partial charge in [-0.3, -0.25) is 4.79 Å². The molecule has 298 valence electrons. The van der Waals surface area contributed by atoms with Crippen LogP contribution >= 0.6 is 0 Å². The highest BCUT2D eigenvalue weighted by Gasteiger charge is 2.51. The summed E-state index contributed by atoms with van der Waals surface area (Å²) in [6.45, 7) is -2.46. The lowest BCUT2D eigenvalue weighted by molar-refractivity contribution is -0.357. The second kappa shape index (κ2) is 16.2. The summed E-state index contributed by atoms with van der Waals surface area (Å²) in [4.78, 5) is 14.0. The molecular formula is C33H40O21. The van der Waals surface area contributed by atoms with Crippen molar-refractivity contribution in [1.29, 1.82) is 0 Å². The van der Waals surface area contributed by atoms with Crippen LogP contribution in [0.4, 0.5) is 0 Å². The van der Waals surface area contributed by atoms with Gasteiger partial charge in [0.1, 0.15) is 95.4 Å². The van der Waals surface area contributed by atoms with Crippen molar-refractivity contribution in [2.75, 3.05) is 19.8 Å². The average Bonchev–Trinajstić information content (AvgIpc) is 3.15. The number of aliphatic hydroxyl groups excluding tert-OH is 11. The number of fused-ring (bicyclic) bond motifs is 1. The SMILES string of the molecule is O=c1c(OC2OC(CO)C(O)C(O)C2O)c(-c2ccc(O)cc2)oc2cc(OC3OC(CO)C(O)C(O)C3OC3OC(CO)C(O)C(O)C3O)cc(O)c12. The van der Waals surface area contributed by atoms with Gasteiger partial charge in [-0.15, -0.1) is 0 Å². The molecule has 0 radical (unpaired) electrons. The van der Waals surface area contributed by atoms with Crippen molar-refractivity contribution in [3.8, 4) is 34.3 Å². The van der Waals surface area contributed by atoms with Crippen LogP contribution in [-0.2, 0) is 18.9 Å². The molecule has 3 aliphatic rings. The molecule has 2 aromatic carbocycles. The molecule has 0 bridgehead atoms. The van der Waals surface area contributed by atoms with E-state index in [1.54, 1.807) is 0 Å². The van der Waals surface area contributed by atoms with Crippen LogP contribution in [0.1, 0.15) is 0 Å². The Kier molecular flexibility index (Phi) is 11.9. The molecule has 3 saturated heterocycles. The Bertz CT molecular complexity index is 1800. The normalized spacial score (nSPS) is 37.3. The van der Waals surface area contributed by atoms with E-state index in [1.165, 1.54) is 24.3 Å². The highest BCUT2D eigenvalue weighted by molar-refractivity contribution is 5.88. The molecule has 3 aromatic rings. The molecule has 15 atom stereocenters. The van der Waals surface area contributed by atoms with Gasteiger partial charge in [0, 0.05) is 17.7 Å². The minimum Gasteiger partial charge on any atom is -0.508 e. The van der Waals surface area contributed by atoms with Crippen LogP contribution in [0.15, 0.2) is 45.6 Å². The van der Waals surface area contributed by atoms with Gasteiger partial charge in [-0.25, -0.2) is 0 Å². The molecule has 13 N–H and O–H groups in total. The molecule has 0 amide bonds. The number of rotatable bonds is 10. The van der Waals surface area contributed by atoms with Crippen LogP contribution in [0.2, 0.25) is 0 Å². The smallest absolute Gasteiger partial charge is 0.239 e. The third-order valence-corrected chi connectivity index (χ3v) is 9.33. The minimum absolute atomic E-state index is 0.101. The largest absolute Gasteiger partial charge is 0.508 e. The summed E-state index contributed by atoms with van der Waals surface area (Å²) >= 11 is 0. The standard InChI is InChI=1S/C33H40O21/c34-7-15-19(39)23(43)26(46)31(50-15)53-29-22(42)18-13(38)5-12(6-14(18)49-28(29)10-1-3-11(37)4-2-10)48-33-30(25(45)21(41)17(9-36)52-33)54-32-27(47)24(44)20(40)16(8-35)51-32/h1-6,15-17,19-21,23-27,30-41,43-47H,7-9H2. The summed E-state index contributed by atoms with van der Waals surface area (Å²) in [6, 6.07) is 7.09. The predicted molar refractivity (Wildman–Crippen MR) is 173 cm³/mol. The van der Waals surface area contributed by atoms with E-state index in [1.807, 2.05) is 0 Å². The molecule has 15 unspecified atom stereocenters. The molecule has 54 heavy (non-hydrogen) atoms. The fourth-order valence-corrected chi connectivity index (χ4v) is 6.28. The molecule has 0 saturated carbocycles. The van der Waals surface area contributed by atoms with E-state index in [0.29, 0.717) is 0 Å². The number of aliphatic hydroxyl groups is 11. The minimum atomic E-state index is -1.94. The Labute approximate surface area is 303 Å². The summed E-state index contributed by atoms with van der Waals surface area (Å²) < 4.78 is 39.6. The molecule has 21 nitrogen and oxygen atoms in total. The lowest BCUT2D eigenvalue weighted by Crippen LogP contribution is -2.65. The number of hydrogen-bond acceptors (Lipinski definition) is 21. The molecule has 6 rings (SSSR count). The second-order valence-corrected chi connectivity index (χ2v) is 12.9. The Hall–Kier alpha value is -3.75. The summed E-state index contributed by atoms with van der Waals surface area (Å²) in [5.74, 6) is -2.34. The zero-order valence-electron chi connectivity index (χ0n) is 27.8. The summed E-state index contributed by atoms with van der Waals surface area (Å²) in [5.41, 5.74) is -1.33. The molecule has 0 spiro atoms. The van der Waals surface area contributed by atoms with Gasteiger partial charge in [-0.05, 0) is 24.3 Å². The quantitative estimate of drug-likeness (QED) is 0.0918. The number of benzene rings is 2. The van der Waals surface area contributed by atoms with E-state index in [9.17, 15) is 71.2 Å². The highest BCUT2D eigenvalue weighted by Crippen LogP contribution is 2.39. The van der Waals surface area contributed by atoms with Gasteiger partial charge in [0.05, 0.1) is 19.8 Å². The van der Waals surface area contributed by atoms with Crippen molar-refractivity contribution in [3.63, 3.8) is 0 Å². The zero-order chi connectivity index (χ0) is 39.2. The third kappa shape index (κ3) is 7.45. The Morgan fingerprint density at radius 2 is 1.11 bits per heavy atom. The predicted octanol–water partition coefficient (Wildman–Crippen LogP) is -4.95. The molecule has 4 heterocycles. The Balaban J connectivity index is 1.38. The van der Waals surface area contributed by atoms with Crippen LogP contribution in [0.3, 0.4) is 0 Å². The third-order valence-electron chi connectivity index (χ3n) is 9.33. The van der Waals surface area contributed by atoms with Gasteiger partial charge in [0.2, 0.25) is 23.8 Å². The van der Waals surface area contributed by atoms with E-state index in [0.717, 1.165) is 12.1 Å². The van der Waals surface area contributed by atoms with Crippen molar-refractivity contribution in [3.05, 3.63) is 46.6 Å². The van der Waals surface area contributed by atoms with Crippen molar-refractivity contribution < 1.29 is 99.2 Å². The van der Waals surface area contributed by atoms with Gasteiger partial charge >= 0.3 is 0 Å². The first-order valence-electron chi connectivity index (χ1n) is 16.5. The first-order chi connectivity index (χ1) is 25.7. The molecule has 0 aliphatic carbocycles. The van der Waals surface area contributed by atoms with Crippen molar-refractivity contribution in [2.24, 2.45) is 0 Å². The van der Waals surface area contributed by atoms with Gasteiger partial charge in [0.15, 0.2) is 18.2 Å². The van der Waals surface area contributed by atoms with Crippen LogP contribution in [0.25, 0.3) is 22.3 Å². The second-order valence-electron chi connectivity index (χ2n) is 12.9. The maximum Gasteiger partial charge on any atom is 0.239 e. The number of ether oxygens (including phenoxy) is 6. The van der Waals surface area contributed by atoms with Crippen LogP contribution in [0.5, 0.6) is 23.0 Å². The zero-order valence-corrected chi connectivity index (χ0v) is 27.8. The van der Waals surface area contributed by atoms with E-state index < -0.39 is 134 Å². The molecule has 1 aromatic heterocycles. The molecule has 3 fully saturated rings. The van der Waals surface area contributed by atoms with Gasteiger partial charge < -0.3 is 99.2 Å². The fourth-order valence-electron chi connectivity index (χ4n) is 6.28. The first kappa shape index (κ1) is 39.9. The van der Waals surface area contributed by atoms with E-state index in [-0.39, 0.29) is 28.4 Å². The van der Waals surface area contributed by atoms with E-state index in [4.69, 9.17) is 32.8 Å². The topological polar surface area (TPSA) is 349 Å². The van der Waals surface area contributed by atoms with Crippen molar-refractivity contribution in [1.82, 2.24) is 0 Å². The van der Waals surface area contributed by atoms with Crippen molar-refractivity contribution in [2.45, 2.75) is 92.1 Å². The van der Waals surface area contributed by atoms with Gasteiger partial charge in [0.25, 0.3) is 0 Å². The Morgan fingerprint density at radius 1 is 0.593 bits per heavy atom. The Morgan fingerprint density at radius 3 is 1.69 bits per heavy atom. The summed E-state index contributed by atoms with van der Waals surface area (Å²) in [6.07, 6.45) is -26.5. The lowest BCUT2D eigenvalue weighted by Gasteiger charge is -2.45. The number of phenolic OH excluding ortho intramolecular Hbond substituents is 2. The monoisotopic (exact) mass is 772 g/mol. The first-order valence-corrected chi connectivity index (χ1v) is 16.5. The molecule has 3 aliphatic heterocycles. The lowest BCUT2D eigenvalue weighted by atomic mass is 9.97. The molecule has 21 heteroatoms. The van der Waals surface area contributed by atoms with Crippen LogP contribution < -0.4 is 14.9 Å². The maximum atomic E-state index is 14.0. The summed E-state index contributed by atoms with van der Waals surface area (Å²) in [5, 5.41) is 133. The highest BCUT2D eigenvalue weighted by atomic mass is 16.8. The van der Waals surface area contributed by atoms with Crippen LogP contribution in [-0.4, -0.2) is 178 Å². The maximum absolute atomic E-state index is 14.0. The van der Waals surface area contributed by atoms with E-state index in [2.05, 4.69) is 0 Å². The summed E-state index contributed by atoms with van der Waals surface area (Å²) in [7, 11) is 0. The number of phenols is 2. The number of aromatic hydroxyl groups is 2. The van der Waals surface area contributed by atoms with Crippen molar-refractivity contribution >= 4 is 11.0 Å². The van der Waals surface area contributed by atoms with Crippen LogP contribution in [0, 0.1) is 0 Å². The fraction of sp³-hybridized carbons (Fsp3) is 0.545.